The van der Waals surface area contributed by atoms with E-state index in [0.717, 1.165) is 16.6 Å². The second kappa shape index (κ2) is 4.47. The zero-order chi connectivity index (χ0) is 17.2. The zero-order valence-corrected chi connectivity index (χ0v) is 12.6. The van der Waals surface area contributed by atoms with E-state index >= 15 is 0 Å². The number of carbonyl (C=O) groups excluding carboxylic acids is 3. The van der Waals surface area contributed by atoms with Crippen LogP contribution in [0.3, 0.4) is 0 Å². The molecule has 1 aromatic carbocycles. The van der Waals surface area contributed by atoms with Gasteiger partial charge in [-0.3, -0.25) is 20.2 Å². The molecule has 0 unspecified atom stereocenters. The van der Waals surface area contributed by atoms with Gasteiger partial charge < -0.3 is 14.2 Å². The molecule has 0 saturated carbocycles. The van der Waals surface area contributed by atoms with E-state index in [2.05, 4.69) is 15.8 Å². The SMILES string of the molecule is O=C1NC(=O)C2(Cc3cc4cnoc4cc3N3C=COC=C32)C(=O)N1. The van der Waals surface area contributed by atoms with E-state index < -0.39 is 23.3 Å². The van der Waals surface area contributed by atoms with Crippen molar-refractivity contribution in [3.8, 4) is 0 Å². The molecule has 9 heteroatoms. The summed E-state index contributed by atoms with van der Waals surface area (Å²) in [7, 11) is 0. The Morgan fingerprint density at radius 3 is 2.76 bits per heavy atom. The van der Waals surface area contributed by atoms with Gasteiger partial charge in [0.25, 0.3) is 0 Å². The zero-order valence-electron chi connectivity index (χ0n) is 12.6. The number of urea groups is 1. The van der Waals surface area contributed by atoms with E-state index in [-0.39, 0.29) is 6.42 Å². The van der Waals surface area contributed by atoms with Crippen LogP contribution in [0.25, 0.3) is 11.0 Å². The summed E-state index contributed by atoms with van der Waals surface area (Å²) < 4.78 is 10.4. The van der Waals surface area contributed by atoms with Crippen LogP contribution in [0.1, 0.15) is 5.56 Å². The van der Waals surface area contributed by atoms with Gasteiger partial charge in [-0.15, -0.1) is 0 Å². The summed E-state index contributed by atoms with van der Waals surface area (Å²) >= 11 is 0. The van der Waals surface area contributed by atoms with Gasteiger partial charge in [0, 0.05) is 24.1 Å². The number of rotatable bonds is 0. The molecule has 3 aliphatic rings. The van der Waals surface area contributed by atoms with Gasteiger partial charge in [-0.2, -0.15) is 0 Å². The Labute approximate surface area is 139 Å². The molecular weight excluding hydrogens is 328 g/mol. The molecule has 0 aliphatic carbocycles. The number of benzene rings is 1. The quantitative estimate of drug-likeness (QED) is 0.686. The number of carbonyl (C=O) groups is 3. The van der Waals surface area contributed by atoms with Crippen molar-refractivity contribution in [1.82, 2.24) is 15.8 Å². The van der Waals surface area contributed by atoms with Crippen LogP contribution in [0.15, 0.2) is 47.3 Å². The van der Waals surface area contributed by atoms with E-state index in [4.69, 9.17) is 9.26 Å². The molecule has 9 nitrogen and oxygen atoms in total. The summed E-state index contributed by atoms with van der Waals surface area (Å²) in [6, 6.07) is 2.78. The van der Waals surface area contributed by atoms with Crippen molar-refractivity contribution in [2.75, 3.05) is 4.90 Å². The van der Waals surface area contributed by atoms with Crippen molar-refractivity contribution in [2.24, 2.45) is 5.41 Å². The maximum atomic E-state index is 12.7. The second-order valence-corrected chi connectivity index (χ2v) is 5.96. The number of hydrogen-bond acceptors (Lipinski definition) is 7. The fraction of sp³-hybridized carbons (Fsp3) is 0.125. The first-order valence-electron chi connectivity index (χ1n) is 7.46. The van der Waals surface area contributed by atoms with Crippen molar-refractivity contribution in [1.29, 1.82) is 0 Å². The lowest BCUT2D eigenvalue weighted by molar-refractivity contribution is -0.142. The summed E-state index contributed by atoms with van der Waals surface area (Å²) in [5.41, 5.74) is 0.805. The normalized spacial score (nSPS) is 20.6. The standard InChI is InChI=1S/C16H10N4O5/c21-13-16(14(22)19-15(23)18-13)5-8-3-9-6-17-25-11(9)4-10(8)20-1-2-24-7-12(16)20/h1-4,6-7H,5H2,(H2,18,19,21,22,23). The van der Waals surface area contributed by atoms with Crippen molar-refractivity contribution in [2.45, 2.75) is 6.42 Å². The molecular formula is C16H10N4O5. The molecule has 25 heavy (non-hydrogen) atoms. The summed E-state index contributed by atoms with van der Waals surface area (Å²) in [6.45, 7) is 0. The minimum absolute atomic E-state index is 0.0773. The first-order chi connectivity index (χ1) is 12.1. The Balaban J connectivity index is 1.77. The fourth-order valence-electron chi connectivity index (χ4n) is 3.50. The summed E-state index contributed by atoms with van der Waals surface area (Å²) in [4.78, 5) is 38.6. The van der Waals surface area contributed by atoms with E-state index in [1.54, 1.807) is 23.4 Å². The van der Waals surface area contributed by atoms with Crippen molar-refractivity contribution >= 4 is 34.5 Å². The third kappa shape index (κ3) is 1.66. The van der Waals surface area contributed by atoms with Gasteiger partial charge in [0.1, 0.15) is 12.5 Å². The highest BCUT2D eigenvalue weighted by atomic mass is 16.5. The topological polar surface area (TPSA) is 114 Å². The van der Waals surface area contributed by atoms with Crippen LogP contribution in [0.4, 0.5) is 10.5 Å². The van der Waals surface area contributed by atoms with Gasteiger partial charge in [-0.1, -0.05) is 5.16 Å². The maximum absolute atomic E-state index is 12.7. The number of aromatic nitrogens is 1. The van der Waals surface area contributed by atoms with Crippen molar-refractivity contribution in [3.63, 3.8) is 0 Å². The Kier molecular flexibility index (Phi) is 2.47. The minimum Gasteiger partial charge on any atom is -0.469 e. The predicted octanol–water partition coefficient (Wildman–Crippen LogP) is 0.885. The van der Waals surface area contributed by atoms with Crippen molar-refractivity contribution < 1.29 is 23.6 Å². The molecule has 0 bridgehead atoms. The van der Waals surface area contributed by atoms with E-state index in [0.29, 0.717) is 11.3 Å². The van der Waals surface area contributed by atoms with Gasteiger partial charge in [0.2, 0.25) is 11.8 Å². The predicted molar refractivity (Wildman–Crippen MR) is 82.6 cm³/mol. The van der Waals surface area contributed by atoms with Crippen LogP contribution in [0.5, 0.6) is 0 Å². The van der Waals surface area contributed by atoms with Crippen LogP contribution in [0, 0.1) is 5.41 Å². The number of nitrogens with one attached hydrogen (secondary N) is 2. The first-order valence-corrected chi connectivity index (χ1v) is 7.46. The van der Waals surface area contributed by atoms with Crippen LogP contribution in [-0.2, 0) is 20.7 Å². The molecule has 1 fully saturated rings. The van der Waals surface area contributed by atoms with E-state index in [1.165, 1.54) is 12.5 Å². The van der Waals surface area contributed by atoms with Gasteiger partial charge >= 0.3 is 6.03 Å². The highest BCUT2D eigenvalue weighted by Crippen LogP contribution is 2.47. The second-order valence-electron chi connectivity index (χ2n) is 5.96. The number of hydrogen-bond donors (Lipinski definition) is 2. The van der Waals surface area contributed by atoms with Crippen molar-refractivity contribution in [3.05, 3.63) is 48.3 Å². The number of anilines is 1. The lowest BCUT2D eigenvalue weighted by Gasteiger charge is -2.44. The Hall–Kier alpha value is -3.62. The lowest BCUT2D eigenvalue weighted by atomic mass is 9.72. The summed E-state index contributed by atoms with van der Waals surface area (Å²) in [5, 5.41) is 8.88. The molecule has 4 amide bonds. The number of amides is 4. The monoisotopic (exact) mass is 338 g/mol. The minimum atomic E-state index is -1.60. The molecule has 0 atom stereocenters. The molecule has 1 saturated heterocycles. The fourth-order valence-corrected chi connectivity index (χ4v) is 3.50. The number of ether oxygens (including phenoxy) is 1. The van der Waals surface area contributed by atoms with Gasteiger partial charge in [0.15, 0.2) is 11.0 Å². The highest BCUT2D eigenvalue weighted by Gasteiger charge is 2.58. The first kappa shape index (κ1) is 13.8. The van der Waals surface area contributed by atoms with E-state index in [1.807, 2.05) is 6.07 Å². The van der Waals surface area contributed by atoms with E-state index in [9.17, 15) is 14.4 Å². The molecule has 2 aromatic rings. The van der Waals surface area contributed by atoms with Crippen LogP contribution >= 0.6 is 0 Å². The number of barbiturate groups is 1. The lowest BCUT2D eigenvalue weighted by Crippen LogP contribution is -2.66. The Morgan fingerprint density at radius 1 is 1.16 bits per heavy atom. The maximum Gasteiger partial charge on any atom is 0.328 e. The molecule has 5 rings (SSSR count). The largest absolute Gasteiger partial charge is 0.469 e. The molecule has 124 valence electrons. The molecule has 1 aromatic heterocycles. The molecule has 0 radical (unpaired) electrons. The third-order valence-corrected chi connectivity index (χ3v) is 4.66. The van der Waals surface area contributed by atoms with Crippen LogP contribution in [-0.4, -0.2) is 23.0 Å². The average Bonchev–Trinajstić information content (AvgIpc) is 3.05. The van der Waals surface area contributed by atoms with Gasteiger partial charge in [-0.25, -0.2) is 4.79 Å². The Morgan fingerprint density at radius 2 is 1.96 bits per heavy atom. The molecule has 3 aliphatic heterocycles. The highest BCUT2D eigenvalue weighted by molar-refractivity contribution is 6.22. The summed E-state index contributed by atoms with van der Waals surface area (Å²) in [5.74, 6) is -1.38. The third-order valence-electron chi connectivity index (χ3n) is 4.66. The van der Waals surface area contributed by atoms with Gasteiger partial charge in [0.05, 0.1) is 17.6 Å². The summed E-state index contributed by atoms with van der Waals surface area (Å²) in [6.07, 6.45) is 6.01. The molecule has 2 N–H and O–H groups in total. The number of fused-ring (bicyclic) bond motifs is 5. The van der Waals surface area contributed by atoms with Gasteiger partial charge in [-0.05, 0) is 11.6 Å². The molecule has 4 heterocycles. The number of nitrogens with zero attached hydrogens (tertiary/aromatic N) is 2. The molecule has 1 spiro atoms. The average molecular weight is 338 g/mol. The van der Waals surface area contributed by atoms with Crippen LogP contribution < -0.4 is 15.5 Å². The number of imide groups is 2. The Bertz CT molecular complexity index is 1010. The smallest absolute Gasteiger partial charge is 0.328 e. The van der Waals surface area contributed by atoms with Crippen LogP contribution in [0.2, 0.25) is 0 Å².